The zero-order valence-electron chi connectivity index (χ0n) is 9.01. The van der Waals surface area contributed by atoms with E-state index in [9.17, 15) is 4.79 Å². The van der Waals surface area contributed by atoms with Crippen molar-refractivity contribution in [1.29, 1.82) is 0 Å². The van der Waals surface area contributed by atoms with Crippen LogP contribution in [0.4, 0.5) is 0 Å². The zero-order chi connectivity index (χ0) is 10.4. The van der Waals surface area contributed by atoms with E-state index in [1.54, 1.807) is 6.92 Å². The zero-order valence-corrected chi connectivity index (χ0v) is 9.01. The number of Topliss-reactive ketones (excluding diaryl/α,β-unsaturated/α-hetero) is 1. The van der Waals surface area contributed by atoms with Gasteiger partial charge in [0.2, 0.25) is 0 Å². The lowest BCUT2D eigenvalue weighted by Crippen LogP contribution is -2.62. The number of epoxide rings is 1. The van der Waals surface area contributed by atoms with Gasteiger partial charge in [0, 0.05) is 0 Å². The van der Waals surface area contributed by atoms with Crippen molar-refractivity contribution in [2.24, 2.45) is 11.7 Å². The molecule has 2 fully saturated rings. The highest BCUT2D eigenvalue weighted by molar-refractivity contribution is 5.88. The van der Waals surface area contributed by atoms with Crippen LogP contribution in [0, 0.1) is 5.92 Å². The van der Waals surface area contributed by atoms with Crippen molar-refractivity contribution >= 4 is 5.78 Å². The molecule has 3 heteroatoms. The molecule has 0 aromatic carbocycles. The number of hydrogen-bond acceptors (Lipinski definition) is 3. The maximum absolute atomic E-state index is 11.7. The summed E-state index contributed by atoms with van der Waals surface area (Å²) in [7, 11) is 0. The minimum Gasteiger partial charge on any atom is -0.367 e. The molecule has 1 aliphatic heterocycles. The molecule has 2 atom stereocenters. The number of nitrogens with two attached hydrogens (primary N) is 1. The quantitative estimate of drug-likeness (QED) is 0.693. The Morgan fingerprint density at radius 2 is 2.00 bits per heavy atom. The fourth-order valence-electron chi connectivity index (χ4n) is 2.82. The first-order valence-corrected chi connectivity index (χ1v) is 5.44. The summed E-state index contributed by atoms with van der Waals surface area (Å²) in [6, 6.07) is 0. The Labute approximate surface area is 85.0 Å². The molecule has 1 aliphatic carbocycles. The van der Waals surface area contributed by atoms with Gasteiger partial charge in [-0.2, -0.15) is 0 Å². The summed E-state index contributed by atoms with van der Waals surface area (Å²) in [6.45, 7) is 4.21. The molecule has 80 valence electrons. The molecule has 0 amide bonds. The van der Waals surface area contributed by atoms with Crippen molar-refractivity contribution in [2.75, 3.05) is 6.61 Å². The van der Waals surface area contributed by atoms with Crippen LogP contribution < -0.4 is 5.73 Å². The van der Waals surface area contributed by atoms with Crippen molar-refractivity contribution in [3.05, 3.63) is 0 Å². The van der Waals surface area contributed by atoms with E-state index >= 15 is 0 Å². The van der Waals surface area contributed by atoms with E-state index < -0.39 is 5.54 Å². The normalized spacial score (nSPS) is 36.8. The fraction of sp³-hybridized carbons (Fsp3) is 0.909. The van der Waals surface area contributed by atoms with E-state index in [1.165, 1.54) is 12.8 Å². The third-order valence-corrected chi connectivity index (χ3v) is 4.03. The van der Waals surface area contributed by atoms with Crippen molar-refractivity contribution in [3.63, 3.8) is 0 Å². The SMILES string of the molecule is CC(=O)C(N)(C1CCCC1)[C@]1(C)CO1. The average molecular weight is 197 g/mol. The summed E-state index contributed by atoms with van der Waals surface area (Å²) < 4.78 is 5.39. The van der Waals surface area contributed by atoms with Gasteiger partial charge >= 0.3 is 0 Å². The van der Waals surface area contributed by atoms with E-state index in [0.29, 0.717) is 12.5 Å². The largest absolute Gasteiger partial charge is 0.367 e. The fourth-order valence-corrected chi connectivity index (χ4v) is 2.82. The molecule has 1 saturated carbocycles. The van der Waals surface area contributed by atoms with E-state index in [0.717, 1.165) is 12.8 Å². The molecule has 2 N–H and O–H groups in total. The molecular formula is C11H19NO2. The van der Waals surface area contributed by atoms with Gasteiger partial charge in [-0.3, -0.25) is 4.79 Å². The van der Waals surface area contributed by atoms with Crippen LogP contribution in [0.2, 0.25) is 0 Å². The van der Waals surface area contributed by atoms with Gasteiger partial charge in [0.05, 0.1) is 6.61 Å². The number of carbonyl (C=O) groups excluding carboxylic acids is 1. The molecule has 14 heavy (non-hydrogen) atoms. The molecule has 0 bridgehead atoms. The Morgan fingerprint density at radius 1 is 1.50 bits per heavy atom. The van der Waals surface area contributed by atoms with E-state index in [1.807, 2.05) is 6.92 Å². The number of hydrogen-bond donors (Lipinski definition) is 1. The summed E-state index contributed by atoms with van der Waals surface area (Å²) in [5.41, 5.74) is 5.20. The highest BCUT2D eigenvalue weighted by Gasteiger charge is 2.62. The second kappa shape index (κ2) is 3.04. The van der Waals surface area contributed by atoms with Gasteiger partial charge in [0.25, 0.3) is 0 Å². The van der Waals surface area contributed by atoms with Crippen LogP contribution in [-0.4, -0.2) is 23.5 Å². The highest BCUT2D eigenvalue weighted by atomic mass is 16.6. The molecule has 2 aliphatic rings. The van der Waals surface area contributed by atoms with Crippen LogP contribution in [-0.2, 0) is 9.53 Å². The monoisotopic (exact) mass is 197 g/mol. The minimum absolute atomic E-state index is 0.0874. The maximum atomic E-state index is 11.7. The van der Waals surface area contributed by atoms with E-state index in [-0.39, 0.29) is 11.4 Å². The molecule has 0 aromatic rings. The van der Waals surface area contributed by atoms with Crippen molar-refractivity contribution in [2.45, 2.75) is 50.7 Å². The molecule has 0 radical (unpaired) electrons. The standard InChI is InChI=1S/C11H19NO2/c1-8(13)11(12,10(2)7-14-10)9-5-3-4-6-9/h9H,3-7,12H2,1-2H3/t10-,11?/m0/s1. The van der Waals surface area contributed by atoms with E-state index in [4.69, 9.17) is 10.5 Å². The highest BCUT2D eigenvalue weighted by Crippen LogP contribution is 2.46. The van der Waals surface area contributed by atoms with Crippen LogP contribution in [0.25, 0.3) is 0 Å². The molecule has 0 spiro atoms. The number of rotatable bonds is 3. The number of carbonyl (C=O) groups is 1. The van der Waals surface area contributed by atoms with Crippen LogP contribution in [0.1, 0.15) is 39.5 Å². The molecule has 0 aromatic heterocycles. The summed E-state index contributed by atoms with van der Waals surface area (Å²) in [6.07, 6.45) is 4.56. The third-order valence-electron chi connectivity index (χ3n) is 4.03. The number of ether oxygens (including phenoxy) is 1. The molecule has 3 nitrogen and oxygen atoms in total. The summed E-state index contributed by atoms with van der Waals surface area (Å²) >= 11 is 0. The smallest absolute Gasteiger partial charge is 0.152 e. The van der Waals surface area contributed by atoms with Gasteiger partial charge in [-0.15, -0.1) is 0 Å². The Bertz CT molecular complexity index is 254. The second-order valence-electron chi connectivity index (χ2n) is 4.93. The summed E-state index contributed by atoms with van der Waals surface area (Å²) in [5.74, 6) is 0.414. The van der Waals surface area contributed by atoms with Gasteiger partial charge in [-0.1, -0.05) is 12.8 Å². The summed E-state index contributed by atoms with van der Waals surface area (Å²) in [4.78, 5) is 11.7. The van der Waals surface area contributed by atoms with Crippen LogP contribution >= 0.6 is 0 Å². The predicted molar refractivity (Wildman–Crippen MR) is 53.9 cm³/mol. The Kier molecular flexibility index (Phi) is 2.20. The number of ketones is 1. The van der Waals surface area contributed by atoms with Gasteiger partial charge in [0.1, 0.15) is 11.1 Å². The Balaban J connectivity index is 2.25. The molecular weight excluding hydrogens is 178 g/mol. The minimum atomic E-state index is -0.733. The lowest BCUT2D eigenvalue weighted by atomic mass is 9.72. The van der Waals surface area contributed by atoms with Crippen molar-refractivity contribution in [3.8, 4) is 0 Å². The van der Waals surface area contributed by atoms with Crippen molar-refractivity contribution in [1.82, 2.24) is 0 Å². The molecule has 2 rings (SSSR count). The molecule has 1 saturated heterocycles. The van der Waals surface area contributed by atoms with Crippen LogP contribution in [0.15, 0.2) is 0 Å². The average Bonchev–Trinajstić information content (AvgIpc) is 2.71. The van der Waals surface area contributed by atoms with Gasteiger partial charge in [0.15, 0.2) is 5.78 Å². The topological polar surface area (TPSA) is 55.6 Å². The summed E-state index contributed by atoms with van der Waals surface area (Å²) in [5, 5.41) is 0. The molecule has 1 unspecified atom stereocenters. The van der Waals surface area contributed by atoms with E-state index in [2.05, 4.69) is 0 Å². The first-order chi connectivity index (χ1) is 6.51. The lowest BCUT2D eigenvalue weighted by Gasteiger charge is -2.36. The van der Waals surface area contributed by atoms with Crippen molar-refractivity contribution < 1.29 is 9.53 Å². The maximum Gasteiger partial charge on any atom is 0.152 e. The van der Waals surface area contributed by atoms with Gasteiger partial charge in [-0.25, -0.2) is 0 Å². The second-order valence-corrected chi connectivity index (χ2v) is 4.93. The van der Waals surface area contributed by atoms with Gasteiger partial charge in [-0.05, 0) is 32.6 Å². The predicted octanol–water partition coefficient (Wildman–Crippen LogP) is 1.25. The lowest BCUT2D eigenvalue weighted by molar-refractivity contribution is -0.126. The Hall–Kier alpha value is -0.410. The first kappa shape index (κ1) is 10.1. The molecule has 1 heterocycles. The van der Waals surface area contributed by atoms with Crippen LogP contribution in [0.5, 0.6) is 0 Å². The Morgan fingerprint density at radius 3 is 2.36 bits per heavy atom. The van der Waals surface area contributed by atoms with Crippen LogP contribution in [0.3, 0.4) is 0 Å². The first-order valence-electron chi connectivity index (χ1n) is 5.44. The van der Waals surface area contributed by atoms with Gasteiger partial charge < -0.3 is 10.5 Å². The third kappa shape index (κ3) is 1.22.